The molecule has 3 atom stereocenters. The summed E-state index contributed by atoms with van der Waals surface area (Å²) in [4.78, 5) is 52.6. The number of nitrogens with zero attached hydrogens (tertiary/aromatic N) is 1. The summed E-state index contributed by atoms with van der Waals surface area (Å²) in [5.41, 5.74) is 5.94. The largest absolute Gasteiger partial charge is 0.481 e. The van der Waals surface area contributed by atoms with Gasteiger partial charge in [-0.05, 0) is 13.3 Å². The minimum absolute atomic E-state index is 0.0130. The highest BCUT2D eigenvalue weighted by molar-refractivity contribution is 5.91. The molecule has 0 aromatic carbocycles. The van der Waals surface area contributed by atoms with E-state index in [2.05, 4.69) is 20.6 Å². The summed E-state index contributed by atoms with van der Waals surface area (Å²) in [5.74, 6) is -3.91. The van der Waals surface area contributed by atoms with Crippen molar-refractivity contribution >= 4 is 23.8 Å². The normalized spacial score (nSPS) is 14.2. The van der Waals surface area contributed by atoms with Gasteiger partial charge in [-0.2, -0.15) is 0 Å². The van der Waals surface area contributed by atoms with Gasteiger partial charge in [0.25, 0.3) is 0 Å². The first kappa shape index (κ1) is 20.1. The molecule has 0 radical (unpaired) electrons. The zero-order valence-electron chi connectivity index (χ0n) is 13.6. The molecule has 2 amide bonds. The highest BCUT2D eigenvalue weighted by Crippen LogP contribution is 2.03. The third-order valence-corrected chi connectivity index (χ3v) is 3.28. The summed E-state index contributed by atoms with van der Waals surface area (Å²) in [5, 5.41) is 22.4. The average Bonchev–Trinajstić information content (AvgIpc) is 3.02. The summed E-state index contributed by atoms with van der Waals surface area (Å²) in [6.45, 7) is 1.44. The molecule has 0 bridgehead atoms. The minimum atomic E-state index is -1.39. The molecule has 0 saturated heterocycles. The molecule has 1 aromatic rings. The molecule has 0 aliphatic carbocycles. The van der Waals surface area contributed by atoms with Crippen LogP contribution in [0.2, 0.25) is 0 Å². The molecule has 1 heterocycles. The van der Waals surface area contributed by atoms with Crippen molar-refractivity contribution in [1.82, 2.24) is 20.6 Å². The summed E-state index contributed by atoms with van der Waals surface area (Å²) in [6.07, 6.45) is 2.22. The van der Waals surface area contributed by atoms with E-state index < -0.39 is 48.3 Å². The van der Waals surface area contributed by atoms with Gasteiger partial charge in [0.1, 0.15) is 12.1 Å². The molecule has 0 aliphatic heterocycles. The molecule has 0 unspecified atom stereocenters. The van der Waals surface area contributed by atoms with E-state index in [0.29, 0.717) is 5.69 Å². The number of nitrogens with one attached hydrogen (secondary N) is 3. The van der Waals surface area contributed by atoms with Crippen molar-refractivity contribution < 1.29 is 29.4 Å². The Morgan fingerprint density at radius 2 is 1.84 bits per heavy atom. The van der Waals surface area contributed by atoms with Gasteiger partial charge in [-0.25, -0.2) is 9.78 Å². The number of carboxylic acids is 2. The lowest BCUT2D eigenvalue weighted by Crippen LogP contribution is -2.54. The number of aliphatic carboxylic acids is 2. The van der Waals surface area contributed by atoms with Crippen molar-refractivity contribution in [2.75, 3.05) is 0 Å². The molecule has 0 fully saturated rings. The number of hydrogen-bond donors (Lipinski definition) is 6. The topological polar surface area (TPSA) is 187 Å². The maximum absolute atomic E-state index is 12.4. The predicted molar refractivity (Wildman–Crippen MR) is 84.3 cm³/mol. The van der Waals surface area contributed by atoms with E-state index in [1.54, 1.807) is 0 Å². The number of nitrogens with two attached hydrogens (primary N) is 1. The second-order valence-electron chi connectivity index (χ2n) is 5.45. The fourth-order valence-corrected chi connectivity index (χ4v) is 1.92. The number of carbonyl (C=O) groups excluding carboxylic acids is 2. The van der Waals surface area contributed by atoms with E-state index >= 15 is 0 Å². The van der Waals surface area contributed by atoms with Crippen LogP contribution in [0.5, 0.6) is 0 Å². The van der Waals surface area contributed by atoms with E-state index in [1.165, 1.54) is 19.4 Å². The Balaban J connectivity index is 2.83. The number of H-pyrrole nitrogens is 1. The second kappa shape index (κ2) is 9.37. The van der Waals surface area contributed by atoms with Crippen LogP contribution >= 0.6 is 0 Å². The number of hydrogen-bond acceptors (Lipinski definition) is 6. The Morgan fingerprint density at radius 3 is 2.32 bits per heavy atom. The van der Waals surface area contributed by atoms with E-state index in [-0.39, 0.29) is 12.8 Å². The summed E-state index contributed by atoms with van der Waals surface area (Å²) in [6, 6.07) is -3.36. The number of aromatic nitrogens is 2. The Hall–Kier alpha value is -2.95. The molecular weight excluding hydrogens is 334 g/mol. The van der Waals surface area contributed by atoms with Crippen LogP contribution < -0.4 is 16.4 Å². The van der Waals surface area contributed by atoms with Gasteiger partial charge in [0.05, 0.1) is 18.1 Å². The van der Waals surface area contributed by atoms with Gasteiger partial charge in [-0.3, -0.25) is 14.4 Å². The lowest BCUT2D eigenvalue weighted by molar-refractivity contribution is -0.143. The van der Waals surface area contributed by atoms with Crippen LogP contribution in [0, 0.1) is 0 Å². The van der Waals surface area contributed by atoms with Crippen LogP contribution in [0.3, 0.4) is 0 Å². The first-order chi connectivity index (χ1) is 11.7. The van der Waals surface area contributed by atoms with E-state index in [4.69, 9.17) is 15.9 Å². The maximum Gasteiger partial charge on any atom is 0.326 e. The number of carbonyl (C=O) groups is 4. The average molecular weight is 355 g/mol. The van der Waals surface area contributed by atoms with Crippen molar-refractivity contribution in [3.05, 3.63) is 18.2 Å². The lowest BCUT2D eigenvalue weighted by atomic mass is 10.1. The lowest BCUT2D eigenvalue weighted by Gasteiger charge is -2.21. The van der Waals surface area contributed by atoms with Gasteiger partial charge in [-0.15, -0.1) is 0 Å². The molecular formula is C14H21N5O6. The zero-order chi connectivity index (χ0) is 19.0. The summed E-state index contributed by atoms with van der Waals surface area (Å²) in [7, 11) is 0. The number of rotatable bonds is 10. The Kier molecular flexibility index (Phi) is 7.53. The van der Waals surface area contributed by atoms with Crippen LogP contribution in [-0.4, -0.2) is 62.1 Å². The molecule has 25 heavy (non-hydrogen) atoms. The van der Waals surface area contributed by atoms with Crippen molar-refractivity contribution in [3.8, 4) is 0 Å². The van der Waals surface area contributed by atoms with E-state index in [1.807, 2.05) is 0 Å². The van der Waals surface area contributed by atoms with E-state index in [0.717, 1.165) is 0 Å². The molecule has 0 aliphatic rings. The molecule has 11 nitrogen and oxygen atoms in total. The fraction of sp³-hybridized carbons (Fsp3) is 0.500. The highest BCUT2D eigenvalue weighted by atomic mass is 16.4. The fourth-order valence-electron chi connectivity index (χ4n) is 1.92. The molecule has 138 valence electrons. The Morgan fingerprint density at radius 1 is 1.20 bits per heavy atom. The third-order valence-electron chi connectivity index (χ3n) is 3.28. The molecule has 7 N–H and O–H groups in total. The standard InChI is InChI=1S/C14H21N5O6/c1-7(15)12(22)19-10(4-8-5-16-6-17-8)13(23)18-9(14(24)25)2-3-11(20)21/h5-7,9-10H,2-4,15H2,1H3,(H,16,17)(H,18,23)(H,19,22)(H,20,21)(H,24,25)/t7-,9-,10-/m0/s1. The van der Waals surface area contributed by atoms with Crippen molar-refractivity contribution in [3.63, 3.8) is 0 Å². The molecule has 1 rings (SSSR count). The van der Waals surface area contributed by atoms with Crippen LogP contribution in [0.4, 0.5) is 0 Å². The first-order valence-corrected chi connectivity index (χ1v) is 7.49. The number of amides is 2. The van der Waals surface area contributed by atoms with E-state index in [9.17, 15) is 19.2 Å². The third kappa shape index (κ3) is 6.99. The number of imidazole rings is 1. The van der Waals surface area contributed by atoms with Crippen molar-refractivity contribution in [1.29, 1.82) is 0 Å². The van der Waals surface area contributed by atoms with Gasteiger partial charge < -0.3 is 31.6 Å². The minimum Gasteiger partial charge on any atom is -0.481 e. The van der Waals surface area contributed by atoms with Crippen LogP contribution in [0.15, 0.2) is 12.5 Å². The van der Waals surface area contributed by atoms with Crippen LogP contribution in [0.25, 0.3) is 0 Å². The molecule has 11 heteroatoms. The smallest absolute Gasteiger partial charge is 0.326 e. The van der Waals surface area contributed by atoms with Crippen LogP contribution in [0.1, 0.15) is 25.5 Å². The van der Waals surface area contributed by atoms with Crippen LogP contribution in [-0.2, 0) is 25.6 Å². The van der Waals surface area contributed by atoms with Crippen molar-refractivity contribution in [2.45, 2.75) is 44.3 Å². The molecule has 1 aromatic heterocycles. The number of aromatic amines is 1. The van der Waals surface area contributed by atoms with Crippen molar-refractivity contribution in [2.24, 2.45) is 5.73 Å². The van der Waals surface area contributed by atoms with Gasteiger partial charge in [0.2, 0.25) is 11.8 Å². The summed E-state index contributed by atoms with van der Waals surface area (Å²) < 4.78 is 0. The maximum atomic E-state index is 12.4. The van der Waals surface area contributed by atoms with Gasteiger partial charge in [-0.1, -0.05) is 0 Å². The predicted octanol–water partition coefficient (Wildman–Crippen LogP) is -1.78. The van der Waals surface area contributed by atoms with Gasteiger partial charge in [0.15, 0.2) is 0 Å². The highest BCUT2D eigenvalue weighted by Gasteiger charge is 2.28. The second-order valence-corrected chi connectivity index (χ2v) is 5.45. The Bertz CT molecular complexity index is 615. The Labute approximate surface area is 143 Å². The zero-order valence-corrected chi connectivity index (χ0v) is 13.6. The molecule has 0 spiro atoms. The SMILES string of the molecule is C[C@H](N)C(=O)N[C@@H](Cc1c[nH]cn1)C(=O)N[C@@H](CCC(=O)O)C(=O)O. The number of carboxylic acid groups (broad SMARTS) is 2. The molecule has 0 saturated carbocycles. The first-order valence-electron chi connectivity index (χ1n) is 7.49. The summed E-state index contributed by atoms with van der Waals surface area (Å²) >= 11 is 0. The van der Waals surface area contributed by atoms with Gasteiger partial charge in [0, 0.05) is 19.0 Å². The monoisotopic (exact) mass is 355 g/mol. The van der Waals surface area contributed by atoms with Gasteiger partial charge >= 0.3 is 11.9 Å². The quantitative estimate of drug-likeness (QED) is 0.284.